The maximum atomic E-state index is 10.5. The molecule has 3 aromatic rings. The van der Waals surface area contributed by atoms with Crippen LogP contribution in [0.3, 0.4) is 0 Å². The lowest BCUT2D eigenvalue weighted by molar-refractivity contribution is -0.479. The van der Waals surface area contributed by atoms with E-state index in [1.54, 1.807) is 0 Å². The number of benzene rings is 2. The van der Waals surface area contributed by atoms with E-state index in [1.165, 1.54) is 0 Å². The van der Waals surface area contributed by atoms with Gasteiger partial charge in [0.1, 0.15) is 12.4 Å². The molecule has 0 spiro atoms. The Morgan fingerprint density at radius 1 is 1.14 bits per heavy atom. The largest absolute Gasteiger partial charge is 0.489 e. The molecule has 0 radical (unpaired) electrons. The zero-order chi connectivity index (χ0) is 15.4. The molecule has 2 aromatic carbocycles. The first-order chi connectivity index (χ1) is 10.7. The summed E-state index contributed by atoms with van der Waals surface area (Å²) in [6.45, 7) is 0.434. The summed E-state index contributed by atoms with van der Waals surface area (Å²) in [4.78, 5) is 13.4. The highest BCUT2D eigenvalue weighted by Crippen LogP contribution is 2.24. The van der Waals surface area contributed by atoms with Gasteiger partial charge in [-0.05, 0) is 29.3 Å². The minimum atomic E-state index is -0.297. The van der Waals surface area contributed by atoms with Crippen molar-refractivity contribution in [2.75, 3.05) is 6.54 Å². The molecule has 0 fully saturated rings. The zero-order valence-corrected chi connectivity index (χ0v) is 12.0. The van der Waals surface area contributed by atoms with Gasteiger partial charge in [-0.25, -0.2) is 0 Å². The van der Waals surface area contributed by atoms with Gasteiger partial charge in [-0.15, -0.1) is 0 Å². The molecule has 0 unspecified atom stereocenters. The molecule has 5 heteroatoms. The van der Waals surface area contributed by atoms with E-state index < -0.39 is 0 Å². The molecule has 0 aliphatic rings. The van der Waals surface area contributed by atoms with Gasteiger partial charge in [0.25, 0.3) is 0 Å². The van der Waals surface area contributed by atoms with Crippen LogP contribution in [0.4, 0.5) is 0 Å². The second-order valence-electron chi connectivity index (χ2n) is 5.10. The molecule has 1 N–H and O–H groups in total. The Bertz CT molecular complexity index is 781. The number of hydrogen-bond donors (Lipinski definition) is 1. The smallest absolute Gasteiger partial charge is 0.207 e. The van der Waals surface area contributed by atoms with Crippen molar-refractivity contribution in [1.82, 2.24) is 4.98 Å². The first kappa shape index (κ1) is 14.1. The third-order valence-electron chi connectivity index (χ3n) is 3.55. The van der Waals surface area contributed by atoms with Crippen LogP contribution in [0.1, 0.15) is 11.1 Å². The van der Waals surface area contributed by atoms with Gasteiger partial charge in [0.15, 0.2) is 0 Å². The monoisotopic (exact) mass is 296 g/mol. The van der Waals surface area contributed by atoms with Crippen molar-refractivity contribution >= 4 is 10.9 Å². The molecule has 0 saturated heterocycles. The Labute approximate surface area is 127 Å². The minimum absolute atomic E-state index is 0.0674. The summed E-state index contributed by atoms with van der Waals surface area (Å²) < 4.78 is 5.80. The normalized spacial score (nSPS) is 10.7. The number of aromatic amines is 1. The average Bonchev–Trinajstić information content (AvgIpc) is 2.94. The van der Waals surface area contributed by atoms with Gasteiger partial charge < -0.3 is 9.72 Å². The Morgan fingerprint density at radius 2 is 1.95 bits per heavy atom. The van der Waals surface area contributed by atoms with Crippen molar-refractivity contribution in [2.45, 2.75) is 13.0 Å². The van der Waals surface area contributed by atoms with Crippen molar-refractivity contribution in [1.29, 1.82) is 0 Å². The van der Waals surface area contributed by atoms with Crippen LogP contribution in [0, 0.1) is 10.1 Å². The topological polar surface area (TPSA) is 68.2 Å². The summed E-state index contributed by atoms with van der Waals surface area (Å²) in [5.74, 6) is 0.762. The van der Waals surface area contributed by atoms with E-state index in [0.29, 0.717) is 13.0 Å². The molecule has 3 rings (SSSR count). The molecule has 5 nitrogen and oxygen atoms in total. The Morgan fingerprint density at radius 3 is 2.73 bits per heavy atom. The summed E-state index contributed by atoms with van der Waals surface area (Å²) in [6, 6.07) is 15.7. The Hall–Kier alpha value is -2.82. The summed E-state index contributed by atoms with van der Waals surface area (Å²) in [5.41, 5.74) is 3.01. The molecule has 112 valence electrons. The predicted octanol–water partition coefficient (Wildman–Crippen LogP) is 3.57. The van der Waals surface area contributed by atoms with E-state index >= 15 is 0 Å². The van der Waals surface area contributed by atoms with Crippen LogP contribution in [0.2, 0.25) is 0 Å². The molecule has 0 amide bonds. The summed E-state index contributed by atoms with van der Waals surface area (Å²) in [5, 5.41) is 11.5. The highest BCUT2D eigenvalue weighted by Gasteiger charge is 2.08. The van der Waals surface area contributed by atoms with E-state index in [4.69, 9.17) is 4.74 Å². The van der Waals surface area contributed by atoms with Crippen molar-refractivity contribution in [2.24, 2.45) is 0 Å². The summed E-state index contributed by atoms with van der Waals surface area (Å²) in [7, 11) is 0. The van der Waals surface area contributed by atoms with Crippen LogP contribution in [0.15, 0.2) is 54.7 Å². The van der Waals surface area contributed by atoms with Gasteiger partial charge >= 0.3 is 0 Å². The lowest BCUT2D eigenvalue weighted by Crippen LogP contribution is -2.03. The quantitative estimate of drug-likeness (QED) is 0.558. The third-order valence-corrected chi connectivity index (χ3v) is 3.55. The summed E-state index contributed by atoms with van der Waals surface area (Å²) in [6.07, 6.45) is 2.24. The van der Waals surface area contributed by atoms with Crippen molar-refractivity contribution in [3.63, 3.8) is 0 Å². The van der Waals surface area contributed by atoms with Crippen molar-refractivity contribution in [3.8, 4) is 5.75 Å². The maximum absolute atomic E-state index is 10.5. The first-order valence-corrected chi connectivity index (χ1v) is 7.11. The fourth-order valence-electron chi connectivity index (χ4n) is 2.41. The molecular weight excluding hydrogens is 280 g/mol. The highest BCUT2D eigenvalue weighted by atomic mass is 16.6. The number of ether oxygens (including phenoxy) is 1. The number of rotatable bonds is 6. The fourth-order valence-corrected chi connectivity index (χ4v) is 2.41. The van der Waals surface area contributed by atoms with E-state index in [-0.39, 0.29) is 11.5 Å². The third kappa shape index (κ3) is 3.25. The molecular formula is C17H16N2O3. The number of nitrogens with one attached hydrogen (secondary N) is 1. The van der Waals surface area contributed by atoms with Crippen LogP contribution in [-0.2, 0) is 13.0 Å². The second kappa shape index (κ2) is 6.30. The standard InChI is InChI=1S/C17H16N2O3/c20-19(21)9-8-14-11-18-17-7-6-15(10-16(14)17)22-12-13-4-2-1-3-5-13/h1-7,10-11,18H,8-9,12H2. The fraction of sp³-hybridized carbons (Fsp3) is 0.176. The maximum Gasteiger partial charge on any atom is 0.207 e. The number of nitro groups is 1. The van der Waals surface area contributed by atoms with Crippen molar-refractivity contribution in [3.05, 3.63) is 76.0 Å². The first-order valence-electron chi connectivity index (χ1n) is 7.11. The lowest BCUT2D eigenvalue weighted by Gasteiger charge is -2.07. The Balaban J connectivity index is 1.76. The molecule has 0 bridgehead atoms. The average molecular weight is 296 g/mol. The Kier molecular flexibility index (Phi) is 4.05. The van der Waals surface area contributed by atoms with Crippen molar-refractivity contribution < 1.29 is 9.66 Å². The zero-order valence-electron chi connectivity index (χ0n) is 12.0. The number of H-pyrrole nitrogens is 1. The van der Waals surface area contributed by atoms with Crippen LogP contribution in [-0.4, -0.2) is 16.5 Å². The van der Waals surface area contributed by atoms with E-state index in [0.717, 1.165) is 27.8 Å². The minimum Gasteiger partial charge on any atom is -0.489 e. The highest BCUT2D eigenvalue weighted by molar-refractivity contribution is 5.84. The molecule has 1 aromatic heterocycles. The van der Waals surface area contributed by atoms with Crippen LogP contribution in [0.5, 0.6) is 5.75 Å². The lowest BCUT2D eigenvalue weighted by atomic mass is 10.1. The molecule has 0 aliphatic heterocycles. The van der Waals surface area contributed by atoms with Crippen LogP contribution < -0.4 is 4.74 Å². The number of aromatic nitrogens is 1. The van der Waals surface area contributed by atoms with Gasteiger partial charge in [0.2, 0.25) is 6.54 Å². The second-order valence-corrected chi connectivity index (χ2v) is 5.10. The molecule has 0 atom stereocenters. The predicted molar refractivity (Wildman–Crippen MR) is 84.6 cm³/mol. The van der Waals surface area contributed by atoms with Gasteiger partial charge in [0.05, 0.1) is 0 Å². The van der Waals surface area contributed by atoms with Gasteiger partial charge in [0, 0.05) is 28.4 Å². The van der Waals surface area contributed by atoms with Gasteiger partial charge in [-0.3, -0.25) is 10.1 Å². The van der Waals surface area contributed by atoms with E-state index in [2.05, 4.69) is 4.98 Å². The molecule has 22 heavy (non-hydrogen) atoms. The number of fused-ring (bicyclic) bond motifs is 1. The molecule has 1 heterocycles. The molecule has 0 aliphatic carbocycles. The van der Waals surface area contributed by atoms with E-state index in [9.17, 15) is 10.1 Å². The van der Waals surface area contributed by atoms with Crippen LogP contribution >= 0.6 is 0 Å². The SMILES string of the molecule is O=[N+]([O-])CCc1c[nH]c2ccc(OCc3ccccc3)cc12. The molecule has 0 saturated carbocycles. The van der Waals surface area contributed by atoms with E-state index in [1.807, 2.05) is 54.7 Å². The number of hydrogen-bond acceptors (Lipinski definition) is 3. The summed E-state index contributed by atoms with van der Waals surface area (Å²) >= 11 is 0. The van der Waals surface area contributed by atoms with Gasteiger partial charge in [-0.1, -0.05) is 30.3 Å². The van der Waals surface area contributed by atoms with Gasteiger partial charge in [-0.2, -0.15) is 0 Å². The number of nitrogens with zero attached hydrogens (tertiary/aromatic N) is 1. The van der Waals surface area contributed by atoms with Crippen LogP contribution in [0.25, 0.3) is 10.9 Å².